The number of pyridine rings is 1. The lowest BCUT2D eigenvalue weighted by molar-refractivity contribution is -0.126. The Morgan fingerprint density at radius 2 is 1.88 bits per heavy atom. The molecule has 6 heteroatoms. The van der Waals surface area contributed by atoms with E-state index in [1.165, 1.54) is 0 Å². The minimum absolute atomic E-state index is 0.0176. The zero-order valence-electron chi connectivity index (χ0n) is 21.3. The molecule has 0 aromatic carbocycles. The van der Waals surface area contributed by atoms with E-state index in [2.05, 4.69) is 50.2 Å². The topological polar surface area (TPSA) is 91.3 Å². The summed E-state index contributed by atoms with van der Waals surface area (Å²) in [6, 6.07) is 3.84. The Morgan fingerprint density at radius 1 is 1.15 bits per heavy atom. The van der Waals surface area contributed by atoms with Crippen molar-refractivity contribution in [2.45, 2.75) is 105 Å². The summed E-state index contributed by atoms with van der Waals surface area (Å²) in [4.78, 5) is 29.8. The number of amides is 2. The molecule has 1 aromatic rings. The van der Waals surface area contributed by atoms with Crippen molar-refractivity contribution < 1.29 is 14.7 Å². The molecule has 0 spiro atoms. The second-order valence-corrected chi connectivity index (χ2v) is 12.7. The van der Waals surface area contributed by atoms with Crippen molar-refractivity contribution in [3.05, 3.63) is 30.1 Å². The van der Waals surface area contributed by atoms with Gasteiger partial charge in [0.25, 0.3) is 0 Å². The summed E-state index contributed by atoms with van der Waals surface area (Å²) in [6.07, 6.45) is 8.21. The van der Waals surface area contributed by atoms with Crippen LogP contribution in [0.5, 0.6) is 0 Å². The molecule has 184 valence electrons. The van der Waals surface area contributed by atoms with Crippen molar-refractivity contribution in [2.24, 2.45) is 22.2 Å². The van der Waals surface area contributed by atoms with Gasteiger partial charge in [0.2, 0.25) is 11.8 Å². The molecule has 6 nitrogen and oxygen atoms in total. The molecule has 33 heavy (non-hydrogen) atoms. The van der Waals surface area contributed by atoms with Crippen molar-refractivity contribution in [2.75, 3.05) is 0 Å². The van der Waals surface area contributed by atoms with E-state index < -0.39 is 5.60 Å². The van der Waals surface area contributed by atoms with Gasteiger partial charge in [0, 0.05) is 37.8 Å². The standard InChI is InChI=1S/C27H43N3O3/c1-24(2,3)16-23(32)30-21-15-25(4,5)20-14-26(6,33)11-12-27(20,21)10-9-22(31)29-18-19-8-7-13-28-17-19/h7-8,13,17,20-21,33H,9-12,14-16,18H2,1-6H3,(H,29,31)(H,30,32). The monoisotopic (exact) mass is 457 g/mol. The molecule has 0 bridgehead atoms. The quantitative estimate of drug-likeness (QED) is 0.567. The van der Waals surface area contributed by atoms with Crippen molar-refractivity contribution in [3.63, 3.8) is 0 Å². The number of hydrogen-bond donors (Lipinski definition) is 3. The molecule has 1 aromatic heterocycles. The summed E-state index contributed by atoms with van der Waals surface area (Å²) in [5.74, 6) is 0.357. The molecule has 0 radical (unpaired) electrons. The summed E-state index contributed by atoms with van der Waals surface area (Å²) < 4.78 is 0. The van der Waals surface area contributed by atoms with E-state index in [0.717, 1.165) is 24.8 Å². The maximum Gasteiger partial charge on any atom is 0.220 e. The number of hydrogen-bond acceptors (Lipinski definition) is 4. The Labute approximate surface area is 199 Å². The van der Waals surface area contributed by atoms with E-state index in [-0.39, 0.29) is 40.0 Å². The van der Waals surface area contributed by atoms with Crippen LogP contribution in [0.25, 0.3) is 0 Å². The minimum atomic E-state index is -0.696. The molecule has 2 aliphatic carbocycles. The average Bonchev–Trinajstić information content (AvgIpc) is 2.90. The molecule has 3 rings (SSSR count). The van der Waals surface area contributed by atoms with E-state index in [1.54, 1.807) is 12.4 Å². The summed E-state index contributed by atoms with van der Waals surface area (Å²) in [5, 5.41) is 17.3. The second kappa shape index (κ2) is 9.36. The van der Waals surface area contributed by atoms with Crippen LogP contribution in [0.4, 0.5) is 0 Å². The largest absolute Gasteiger partial charge is 0.390 e. The van der Waals surface area contributed by atoms with Gasteiger partial charge in [-0.15, -0.1) is 0 Å². The Bertz CT molecular complexity index is 844. The lowest BCUT2D eigenvalue weighted by Gasteiger charge is -2.51. The van der Waals surface area contributed by atoms with Crippen LogP contribution in [-0.4, -0.2) is 33.5 Å². The lowest BCUT2D eigenvalue weighted by Crippen LogP contribution is -2.53. The highest BCUT2D eigenvalue weighted by Gasteiger charge is 2.61. The molecule has 0 aliphatic heterocycles. The molecule has 3 N–H and O–H groups in total. The Balaban J connectivity index is 1.75. The first-order valence-corrected chi connectivity index (χ1v) is 12.4. The number of aromatic nitrogens is 1. The molecule has 4 unspecified atom stereocenters. The van der Waals surface area contributed by atoms with Crippen molar-refractivity contribution >= 4 is 11.8 Å². The summed E-state index contributed by atoms with van der Waals surface area (Å²) in [7, 11) is 0. The number of rotatable bonds is 7. The third-order valence-electron chi connectivity index (χ3n) is 7.89. The number of fused-ring (bicyclic) bond motifs is 1. The minimum Gasteiger partial charge on any atom is -0.390 e. The second-order valence-electron chi connectivity index (χ2n) is 12.7. The van der Waals surface area contributed by atoms with Crippen LogP contribution in [0.2, 0.25) is 0 Å². The Hall–Kier alpha value is -1.95. The normalized spacial score (nSPS) is 31.0. The van der Waals surface area contributed by atoms with Gasteiger partial charge in [0.1, 0.15) is 0 Å². The van der Waals surface area contributed by atoms with Crippen molar-refractivity contribution in [1.82, 2.24) is 15.6 Å². The SMILES string of the molecule is CC(C)(C)CC(=O)NC1CC(C)(C)C2CC(C)(O)CCC12CCC(=O)NCc1cccnc1. The summed E-state index contributed by atoms with van der Waals surface area (Å²) in [5.41, 5.74) is 0.0112. The van der Waals surface area contributed by atoms with Gasteiger partial charge in [0.05, 0.1) is 5.60 Å². The van der Waals surface area contributed by atoms with E-state index in [1.807, 2.05) is 19.1 Å². The zero-order valence-corrected chi connectivity index (χ0v) is 21.3. The number of nitrogens with one attached hydrogen (secondary N) is 2. The van der Waals surface area contributed by atoms with Crippen molar-refractivity contribution in [3.8, 4) is 0 Å². The molecule has 4 atom stereocenters. The number of carbonyl (C=O) groups excluding carboxylic acids is 2. The first kappa shape index (κ1) is 25.7. The van der Waals surface area contributed by atoms with Gasteiger partial charge >= 0.3 is 0 Å². The maximum absolute atomic E-state index is 12.9. The smallest absolute Gasteiger partial charge is 0.220 e. The Kier molecular flexibility index (Phi) is 7.28. The van der Waals surface area contributed by atoms with Gasteiger partial charge in [-0.3, -0.25) is 14.6 Å². The molecule has 1 heterocycles. The highest BCUT2D eigenvalue weighted by Crippen LogP contribution is 2.63. The van der Waals surface area contributed by atoms with Gasteiger partial charge < -0.3 is 15.7 Å². The predicted molar refractivity (Wildman–Crippen MR) is 130 cm³/mol. The predicted octanol–water partition coefficient (Wildman–Crippen LogP) is 4.37. The van der Waals surface area contributed by atoms with Crippen LogP contribution >= 0.6 is 0 Å². The van der Waals surface area contributed by atoms with Crippen molar-refractivity contribution in [1.29, 1.82) is 0 Å². The van der Waals surface area contributed by atoms with Gasteiger partial charge in [-0.25, -0.2) is 0 Å². The van der Waals surface area contributed by atoms with Crippen LogP contribution in [0, 0.1) is 22.2 Å². The fourth-order valence-electron chi connectivity index (χ4n) is 6.30. The van der Waals surface area contributed by atoms with E-state index in [0.29, 0.717) is 32.2 Å². The lowest BCUT2D eigenvalue weighted by atomic mass is 9.57. The van der Waals surface area contributed by atoms with Crippen LogP contribution in [-0.2, 0) is 16.1 Å². The van der Waals surface area contributed by atoms with Crippen LogP contribution < -0.4 is 10.6 Å². The number of carbonyl (C=O) groups is 2. The highest BCUT2D eigenvalue weighted by molar-refractivity contribution is 5.77. The van der Waals surface area contributed by atoms with Gasteiger partial charge in [0.15, 0.2) is 0 Å². The molecule has 2 saturated carbocycles. The average molecular weight is 458 g/mol. The van der Waals surface area contributed by atoms with Crippen LogP contribution in [0.1, 0.15) is 92.1 Å². The van der Waals surface area contributed by atoms with Crippen LogP contribution in [0.15, 0.2) is 24.5 Å². The van der Waals surface area contributed by atoms with Gasteiger partial charge in [-0.05, 0) is 72.8 Å². The van der Waals surface area contributed by atoms with E-state index in [9.17, 15) is 14.7 Å². The van der Waals surface area contributed by atoms with Gasteiger partial charge in [-0.1, -0.05) is 40.7 Å². The zero-order chi connectivity index (χ0) is 24.5. The Morgan fingerprint density at radius 3 is 2.52 bits per heavy atom. The van der Waals surface area contributed by atoms with Crippen LogP contribution in [0.3, 0.4) is 0 Å². The first-order chi connectivity index (χ1) is 15.2. The molecule has 2 aliphatic rings. The highest BCUT2D eigenvalue weighted by atomic mass is 16.3. The molecular formula is C27H43N3O3. The van der Waals surface area contributed by atoms with Gasteiger partial charge in [-0.2, -0.15) is 0 Å². The third-order valence-corrected chi connectivity index (χ3v) is 7.89. The maximum atomic E-state index is 12.9. The molecule has 0 saturated heterocycles. The molecule has 2 amide bonds. The first-order valence-electron chi connectivity index (χ1n) is 12.4. The summed E-state index contributed by atoms with van der Waals surface area (Å²) in [6.45, 7) is 13.1. The fraction of sp³-hybridized carbons (Fsp3) is 0.741. The third kappa shape index (κ3) is 6.34. The van der Waals surface area contributed by atoms with E-state index >= 15 is 0 Å². The molecule has 2 fully saturated rings. The fourth-order valence-corrected chi connectivity index (χ4v) is 6.30. The molecular weight excluding hydrogens is 414 g/mol. The van der Waals surface area contributed by atoms with E-state index in [4.69, 9.17) is 0 Å². The number of aliphatic hydroxyl groups is 1. The summed E-state index contributed by atoms with van der Waals surface area (Å²) >= 11 is 0. The number of nitrogens with zero attached hydrogens (tertiary/aromatic N) is 1.